The Labute approximate surface area is 143 Å². The summed E-state index contributed by atoms with van der Waals surface area (Å²) in [7, 11) is -3.29. The molecule has 0 bridgehead atoms. The maximum absolute atomic E-state index is 12.7. The highest BCUT2D eigenvalue weighted by Gasteiger charge is 2.32. The first-order valence-electron chi connectivity index (χ1n) is 7.77. The maximum atomic E-state index is 12.7. The van der Waals surface area contributed by atoms with E-state index in [0.717, 1.165) is 35.7 Å². The van der Waals surface area contributed by atoms with E-state index in [1.54, 1.807) is 4.31 Å². The van der Waals surface area contributed by atoms with Gasteiger partial charge in [0, 0.05) is 24.0 Å². The van der Waals surface area contributed by atoms with Crippen molar-refractivity contribution in [1.29, 1.82) is 0 Å². The van der Waals surface area contributed by atoms with Gasteiger partial charge in [0.05, 0.1) is 0 Å². The molecule has 1 aliphatic carbocycles. The number of nitrogens with one attached hydrogen (secondary N) is 1. The first-order valence-corrected chi connectivity index (χ1v) is 10.0. The number of rotatable bonds is 5. The van der Waals surface area contributed by atoms with Gasteiger partial charge in [0.1, 0.15) is 4.21 Å². The molecular formula is C15H25ClN2O2S2. The first-order chi connectivity index (χ1) is 9.96. The molecule has 0 spiro atoms. The molecule has 1 N–H and O–H groups in total. The van der Waals surface area contributed by atoms with E-state index in [-0.39, 0.29) is 12.4 Å². The molecular weight excluding hydrogens is 340 g/mol. The fourth-order valence-electron chi connectivity index (χ4n) is 2.95. The molecule has 0 atom stereocenters. The molecule has 126 valence electrons. The van der Waals surface area contributed by atoms with Crippen LogP contribution < -0.4 is 5.32 Å². The van der Waals surface area contributed by atoms with Crippen LogP contribution in [0.25, 0.3) is 0 Å². The molecule has 1 aliphatic heterocycles. The molecule has 1 aromatic heterocycles. The topological polar surface area (TPSA) is 49.4 Å². The van der Waals surface area contributed by atoms with Crippen LogP contribution in [-0.4, -0.2) is 38.4 Å². The minimum Gasteiger partial charge on any atom is -0.314 e. The van der Waals surface area contributed by atoms with Gasteiger partial charge in [-0.05, 0) is 63.6 Å². The van der Waals surface area contributed by atoms with Crippen LogP contribution >= 0.6 is 23.7 Å². The summed E-state index contributed by atoms with van der Waals surface area (Å²) >= 11 is 1.39. The highest BCUT2D eigenvalue weighted by molar-refractivity contribution is 7.91. The van der Waals surface area contributed by atoms with Gasteiger partial charge in [0.15, 0.2) is 0 Å². The summed E-state index contributed by atoms with van der Waals surface area (Å²) in [4.78, 5) is 1.06. The summed E-state index contributed by atoms with van der Waals surface area (Å²) in [6.07, 6.45) is 4.57. The molecule has 7 heteroatoms. The average Bonchev–Trinajstić information content (AvgIpc) is 3.21. The number of sulfonamides is 1. The molecule has 2 fully saturated rings. The van der Waals surface area contributed by atoms with Crippen molar-refractivity contribution in [3.05, 3.63) is 16.5 Å². The van der Waals surface area contributed by atoms with Crippen LogP contribution in [0.5, 0.6) is 0 Å². The van der Waals surface area contributed by atoms with Gasteiger partial charge < -0.3 is 5.32 Å². The quantitative estimate of drug-likeness (QED) is 0.873. The molecule has 1 saturated carbocycles. The summed E-state index contributed by atoms with van der Waals surface area (Å²) < 4.78 is 27.6. The van der Waals surface area contributed by atoms with E-state index in [0.29, 0.717) is 23.3 Å². The van der Waals surface area contributed by atoms with E-state index < -0.39 is 10.0 Å². The van der Waals surface area contributed by atoms with E-state index in [1.165, 1.54) is 24.2 Å². The molecule has 2 heterocycles. The highest BCUT2D eigenvalue weighted by atomic mass is 35.5. The second-order valence-electron chi connectivity index (χ2n) is 6.36. The van der Waals surface area contributed by atoms with Crippen LogP contribution in [0, 0.1) is 19.8 Å². The van der Waals surface area contributed by atoms with E-state index in [2.05, 4.69) is 5.32 Å². The third kappa shape index (κ3) is 4.03. The predicted molar refractivity (Wildman–Crippen MR) is 93.5 cm³/mol. The second-order valence-corrected chi connectivity index (χ2v) is 9.75. The minimum atomic E-state index is -3.29. The summed E-state index contributed by atoms with van der Waals surface area (Å²) in [5.74, 6) is 0.878. The summed E-state index contributed by atoms with van der Waals surface area (Å²) in [6.45, 7) is 6.24. The van der Waals surface area contributed by atoms with Gasteiger partial charge >= 0.3 is 0 Å². The van der Waals surface area contributed by atoms with Crippen molar-refractivity contribution in [2.45, 2.75) is 49.8 Å². The molecule has 0 radical (unpaired) electrons. The normalized spacial score (nSPS) is 20.8. The fourth-order valence-corrected chi connectivity index (χ4v) is 6.22. The lowest BCUT2D eigenvalue weighted by atomic mass is 10.1. The molecule has 0 amide bonds. The highest BCUT2D eigenvalue weighted by Crippen LogP contribution is 2.31. The van der Waals surface area contributed by atoms with Gasteiger partial charge in [-0.2, -0.15) is 4.31 Å². The Morgan fingerprint density at radius 2 is 1.86 bits per heavy atom. The number of piperidine rings is 1. The van der Waals surface area contributed by atoms with E-state index in [1.807, 2.05) is 19.9 Å². The molecule has 4 nitrogen and oxygen atoms in total. The number of hydrogen-bond donors (Lipinski definition) is 1. The Bertz CT molecular complexity index is 603. The van der Waals surface area contributed by atoms with Crippen LogP contribution in [0.15, 0.2) is 10.3 Å². The Hall–Kier alpha value is -0.140. The lowest BCUT2D eigenvalue weighted by molar-refractivity contribution is 0.288. The van der Waals surface area contributed by atoms with E-state index in [9.17, 15) is 8.42 Å². The van der Waals surface area contributed by atoms with Crippen molar-refractivity contribution in [3.8, 4) is 0 Å². The predicted octanol–water partition coefficient (Wildman–Crippen LogP) is 2.94. The Balaban J connectivity index is 0.00000176. The van der Waals surface area contributed by atoms with Gasteiger partial charge in [-0.3, -0.25) is 0 Å². The number of halogens is 1. The lowest BCUT2D eigenvalue weighted by Crippen LogP contribution is -2.45. The van der Waals surface area contributed by atoms with Gasteiger partial charge in [-0.15, -0.1) is 23.7 Å². The summed E-state index contributed by atoms with van der Waals surface area (Å²) in [6, 6.07) is 2.45. The standard InChI is InChI=1S/C15H24N2O2S2.ClH/c1-11-9-12(2)20-15(11)21(18,19)17-7-5-14(6-8-17)16-10-13-3-4-13;/h9,13-14,16H,3-8,10H2,1-2H3;1H. The summed E-state index contributed by atoms with van der Waals surface area (Å²) in [5.41, 5.74) is 0.881. The number of aryl methyl sites for hydroxylation is 2. The SMILES string of the molecule is Cc1cc(C)c(S(=O)(=O)N2CCC(NCC3CC3)CC2)s1.Cl. The van der Waals surface area contributed by atoms with Crippen LogP contribution in [-0.2, 0) is 10.0 Å². The fraction of sp³-hybridized carbons (Fsp3) is 0.733. The monoisotopic (exact) mass is 364 g/mol. The van der Waals surface area contributed by atoms with Crippen LogP contribution in [0.2, 0.25) is 0 Å². The van der Waals surface area contributed by atoms with Gasteiger partial charge in [-0.1, -0.05) is 0 Å². The number of thiophene rings is 1. The van der Waals surface area contributed by atoms with Gasteiger partial charge in [0.25, 0.3) is 10.0 Å². The second kappa shape index (κ2) is 7.18. The largest absolute Gasteiger partial charge is 0.314 e. The van der Waals surface area contributed by atoms with Crippen LogP contribution in [0.4, 0.5) is 0 Å². The van der Waals surface area contributed by atoms with Crippen LogP contribution in [0.1, 0.15) is 36.1 Å². The molecule has 0 unspecified atom stereocenters. The molecule has 22 heavy (non-hydrogen) atoms. The first kappa shape index (κ1) is 18.2. The van der Waals surface area contributed by atoms with Crippen molar-refractivity contribution in [2.24, 2.45) is 5.92 Å². The third-order valence-corrected chi connectivity index (χ3v) is 8.08. The minimum absolute atomic E-state index is 0. The molecule has 2 aliphatic rings. The van der Waals surface area contributed by atoms with Crippen molar-refractivity contribution in [3.63, 3.8) is 0 Å². The Kier molecular flexibility index (Phi) is 5.94. The van der Waals surface area contributed by atoms with Crippen LogP contribution in [0.3, 0.4) is 0 Å². The average molecular weight is 365 g/mol. The van der Waals surface area contributed by atoms with Crippen molar-refractivity contribution >= 4 is 33.8 Å². The van der Waals surface area contributed by atoms with E-state index in [4.69, 9.17) is 0 Å². The summed E-state index contributed by atoms with van der Waals surface area (Å²) in [5, 5.41) is 3.59. The van der Waals surface area contributed by atoms with Gasteiger partial charge in [-0.25, -0.2) is 8.42 Å². The number of nitrogens with zero attached hydrogens (tertiary/aromatic N) is 1. The van der Waals surface area contributed by atoms with Crippen molar-refractivity contribution < 1.29 is 8.42 Å². The van der Waals surface area contributed by atoms with Gasteiger partial charge in [0.2, 0.25) is 0 Å². The molecule has 1 saturated heterocycles. The lowest BCUT2D eigenvalue weighted by Gasteiger charge is -2.31. The van der Waals surface area contributed by atoms with Crippen molar-refractivity contribution in [2.75, 3.05) is 19.6 Å². The zero-order valence-electron chi connectivity index (χ0n) is 13.2. The molecule has 3 rings (SSSR count). The zero-order chi connectivity index (χ0) is 15.0. The Morgan fingerprint density at radius 1 is 1.23 bits per heavy atom. The zero-order valence-corrected chi connectivity index (χ0v) is 15.6. The van der Waals surface area contributed by atoms with E-state index >= 15 is 0 Å². The third-order valence-electron chi connectivity index (χ3n) is 4.42. The smallest absolute Gasteiger partial charge is 0.252 e. The molecule has 0 aromatic carbocycles. The number of hydrogen-bond acceptors (Lipinski definition) is 4. The molecule has 1 aromatic rings. The maximum Gasteiger partial charge on any atom is 0.252 e. The van der Waals surface area contributed by atoms with Crippen molar-refractivity contribution in [1.82, 2.24) is 9.62 Å². The Morgan fingerprint density at radius 3 is 2.36 bits per heavy atom.